The van der Waals surface area contributed by atoms with Gasteiger partial charge in [0.15, 0.2) is 5.82 Å². The fraction of sp³-hybridized carbons (Fsp3) is 0.200. The van der Waals surface area contributed by atoms with Gasteiger partial charge in [0.1, 0.15) is 11.6 Å². The lowest BCUT2D eigenvalue weighted by atomic mass is 9.99. The molecule has 0 aliphatic rings. The van der Waals surface area contributed by atoms with Crippen LogP contribution in [0.4, 0.5) is 8.78 Å². The SMILES string of the molecule is COc1cc(C)cc(-c2c(F)c(C)cc(Cl)c2F)c1. The molecule has 0 unspecified atom stereocenters. The van der Waals surface area contributed by atoms with Crippen LogP contribution in [0.15, 0.2) is 24.3 Å². The Morgan fingerprint density at radius 3 is 2.32 bits per heavy atom. The fourth-order valence-corrected chi connectivity index (χ4v) is 2.25. The zero-order valence-electron chi connectivity index (χ0n) is 10.9. The Bertz CT molecular complexity index is 612. The molecule has 100 valence electrons. The minimum absolute atomic E-state index is 0.0885. The van der Waals surface area contributed by atoms with Gasteiger partial charge in [-0.2, -0.15) is 0 Å². The molecule has 0 amide bonds. The maximum absolute atomic E-state index is 14.2. The van der Waals surface area contributed by atoms with E-state index in [1.165, 1.54) is 13.2 Å². The van der Waals surface area contributed by atoms with Crippen LogP contribution in [0.1, 0.15) is 11.1 Å². The highest BCUT2D eigenvalue weighted by molar-refractivity contribution is 6.31. The van der Waals surface area contributed by atoms with Crippen LogP contribution >= 0.6 is 11.6 Å². The number of hydrogen-bond acceptors (Lipinski definition) is 1. The van der Waals surface area contributed by atoms with E-state index >= 15 is 0 Å². The van der Waals surface area contributed by atoms with E-state index in [9.17, 15) is 8.78 Å². The monoisotopic (exact) mass is 282 g/mol. The summed E-state index contributed by atoms with van der Waals surface area (Å²) in [6.45, 7) is 3.39. The van der Waals surface area contributed by atoms with Crippen LogP contribution in [0.2, 0.25) is 5.02 Å². The van der Waals surface area contributed by atoms with E-state index in [0.717, 1.165) is 5.56 Å². The molecule has 0 saturated heterocycles. The molecule has 2 aromatic carbocycles. The van der Waals surface area contributed by atoms with Gasteiger partial charge in [-0.15, -0.1) is 0 Å². The van der Waals surface area contributed by atoms with Crippen LogP contribution in [0.5, 0.6) is 5.75 Å². The first-order valence-corrected chi connectivity index (χ1v) is 6.12. The van der Waals surface area contributed by atoms with Crippen molar-refractivity contribution in [2.75, 3.05) is 7.11 Å². The highest BCUT2D eigenvalue weighted by Gasteiger charge is 2.18. The molecule has 2 rings (SSSR count). The molecule has 0 saturated carbocycles. The van der Waals surface area contributed by atoms with Gasteiger partial charge >= 0.3 is 0 Å². The normalized spacial score (nSPS) is 10.6. The van der Waals surface area contributed by atoms with E-state index in [2.05, 4.69) is 0 Å². The second-order valence-corrected chi connectivity index (χ2v) is 4.82. The van der Waals surface area contributed by atoms with Crippen molar-refractivity contribution in [2.24, 2.45) is 0 Å². The molecule has 4 heteroatoms. The lowest BCUT2D eigenvalue weighted by molar-refractivity contribution is 0.414. The number of hydrogen-bond donors (Lipinski definition) is 0. The summed E-state index contributed by atoms with van der Waals surface area (Å²) in [5.41, 5.74) is 1.46. The average molecular weight is 283 g/mol. The number of aryl methyl sites for hydroxylation is 2. The smallest absolute Gasteiger partial charge is 0.152 e. The van der Waals surface area contributed by atoms with Crippen LogP contribution in [0.3, 0.4) is 0 Å². The quantitative estimate of drug-likeness (QED) is 0.711. The van der Waals surface area contributed by atoms with Crippen LogP contribution in [0, 0.1) is 25.5 Å². The molecule has 0 atom stereocenters. The zero-order chi connectivity index (χ0) is 14.2. The summed E-state index contributed by atoms with van der Waals surface area (Å²) in [6.07, 6.45) is 0. The zero-order valence-corrected chi connectivity index (χ0v) is 11.6. The topological polar surface area (TPSA) is 9.23 Å². The summed E-state index contributed by atoms with van der Waals surface area (Å²) in [6, 6.07) is 6.35. The van der Waals surface area contributed by atoms with E-state index in [4.69, 9.17) is 16.3 Å². The maximum Gasteiger partial charge on any atom is 0.152 e. The number of methoxy groups -OCH3 is 1. The van der Waals surface area contributed by atoms with Gasteiger partial charge in [0, 0.05) is 0 Å². The molecule has 0 aromatic heterocycles. The number of ether oxygens (including phenoxy) is 1. The largest absolute Gasteiger partial charge is 0.497 e. The minimum Gasteiger partial charge on any atom is -0.497 e. The van der Waals surface area contributed by atoms with Crippen LogP contribution in [-0.2, 0) is 0 Å². The first kappa shape index (κ1) is 13.8. The molecule has 0 spiro atoms. The van der Waals surface area contributed by atoms with Crippen molar-refractivity contribution in [2.45, 2.75) is 13.8 Å². The molecule has 0 bridgehead atoms. The summed E-state index contributed by atoms with van der Waals surface area (Å²) in [5, 5.41) is -0.0885. The predicted octanol–water partition coefficient (Wildman–Crippen LogP) is 4.91. The summed E-state index contributed by atoms with van der Waals surface area (Å²) in [7, 11) is 1.51. The fourth-order valence-electron chi connectivity index (χ4n) is 1.99. The number of benzene rings is 2. The average Bonchev–Trinajstić information content (AvgIpc) is 2.36. The molecule has 0 aliphatic carbocycles. The minimum atomic E-state index is -0.752. The van der Waals surface area contributed by atoms with E-state index in [1.54, 1.807) is 25.1 Å². The summed E-state index contributed by atoms with van der Waals surface area (Å²) in [4.78, 5) is 0. The number of halogens is 3. The van der Waals surface area contributed by atoms with Gasteiger partial charge < -0.3 is 4.74 Å². The third-order valence-corrected chi connectivity index (χ3v) is 3.19. The van der Waals surface area contributed by atoms with Crippen molar-refractivity contribution in [3.8, 4) is 16.9 Å². The third kappa shape index (κ3) is 2.56. The summed E-state index contributed by atoms with van der Waals surface area (Å²) < 4.78 is 33.4. The Morgan fingerprint density at radius 2 is 1.68 bits per heavy atom. The molecule has 0 aliphatic heterocycles. The Labute approximate surface area is 115 Å². The van der Waals surface area contributed by atoms with Crippen LogP contribution in [-0.4, -0.2) is 7.11 Å². The molecule has 0 heterocycles. The lowest BCUT2D eigenvalue weighted by Crippen LogP contribution is -1.96. The van der Waals surface area contributed by atoms with Crippen molar-refractivity contribution < 1.29 is 13.5 Å². The van der Waals surface area contributed by atoms with Crippen molar-refractivity contribution in [3.63, 3.8) is 0 Å². The molecule has 19 heavy (non-hydrogen) atoms. The Hall–Kier alpha value is -1.61. The van der Waals surface area contributed by atoms with Crippen molar-refractivity contribution >= 4 is 11.6 Å². The van der Waals surface area contributed by atoms with Crippen molar-refractivity contribution in [3.05, 3.63) is 52.0 Å². The van der Waals surface area contributed by atoms with Crippen molar-refractivity contribution in [1.29, 1.82) is 0 Å². The second-order valence-electron chi connectivity index (χ2n) is 4.42. The van der Waals surface area contributed by atoms with Gasteiger partial charge in [0.2, 0.25) is 0 Å². The highest BCUT2D eigenvalue weighted by Crippen LogP contribution is 2.34. The van der Waals surface area contributed by atoms with Crippen molar-refractivity contribution in [1.82, 2.24) is 0 Å². The van der Waals surface area contributed by atoms with Gasteiger partial charge in [-0.25, -0.2) is 8.78 Å². The Balaban J connectivity index is 2.75. The highest BCUT2D eigenvalue weighted by atomic mass is 35.5. The summed E-state index contributed by atoms with van der Waals surface area (Å²) in [5.74, 6) is -0.807. The second kappa shape index (κ2) is 5.17. The molecule has 2 aromatic rings. The lowest BCUT2D eigenvalue weighted by Gasteiger charge is -2.11. The first-order valence-electron chi connectivity index (χ1n) is 5.74. The molecular formula is C15H13ClF2O. The maximum atomic E-state index is 14.2. The standard InChI is InChI=1S/C15H13ClF2O/c1-8-4-10(7-11(5-8)19-3)13-14(17)9(2)6-12(16)15(13)18/h4-7H,1-3H3. The molecular weight excluding hydrogens is 270 g/mol. The van der Waals surface area contributed by atoms with Gasteiger partial charge in [-0.05, 0) is 48.7 Å². The molecule has 0 fully saturated rings. The summed E-state index contributed by atoms with van der Waals surface area (Å²) >= 11 is 5.78. The third-order valence-electron chi connectivity index (χ3n) is 2.91. The van der Waals surface area contributed by atoms with Gasteiger partial charge in [0.05, 0.1) is 17.7 Å². The van der Waals surface area contributed by atoms with E-state index in [0.29, 0.717) is 16.9 Å². The molecule has 0 N–H and O–H groups in total. The predicted molar refractivity (Wildman–Crippen MR) is 72.8 cm³/mol. The van der Waals surface area contributed by atoms with E-state index in [1.807, 2.05) is 6.92 Å². The molecule has 1 nitrogen and oxygen atoms in total. The first-order chi connectivity index (χ1) is 8.93. The number of rotatable bonds is 2. The Kier molecular flexibility index (Phi) is 3.76. The van der Waals surface area contributed by atoms with Crippen LogP contribution in [0.25, 0.3) is 11.1 Å². The Morgan fingerprint density at radius 1 is 1.00 bits per heavy atom. The van der Waals surface area contributed by atoms with Gasteiger partial charge in [0.25, 0.3) is 0 Å². The van der Waals surface area contributed by atoms with Gasteiger partial charge in [-0.1, -0.05) is 17.7 Å². The van der Waals surface area contributed by atoms with Gasteiger partial charge in [-0.3, -0.25) is 0 Å². The van der Waals surface area contributed by atoms with E-state index in [-0.39, 0.29) is 10.6 Å². The van der Waals surface area contributed by atoms with E-state index < -0.39 is 11.6 Å². The molecule has 0 radical (unpaired) electrons. The van der Waals surface area contributed by atoms with Crippen LogP contribution < -0.4 is 4.74 Å².